The zero-order chi connectivity index (χ0) is 20.8. The van der Waals surface area contributed by atoms with E-state index in [4.69, 9.17) is 0 Å². The van der Waals surface area contributed by atoms with E-state index in [9.17, 15) is 14.4 Å². The van der Waals surface area contributed by atoms with E-state index >= 15 is 0 Å². The predicted octanol–water partition coefficient (Wildman–Crippen LogP) is 4.11. The van der Waals surface area contributed by atoms with Crippen molar-refractivity contribution in [1.82, 2.24) is 10.2 Å². The van der Waals surface area contributed by atoms with E-state index in [1.54, 1.807) is 13.0 Å². The molecule has 3 aromatic carbocycles. The molecule has 1 aliphatic heterocycles. The summed E-state index contributed by atoms with van der Waals surface area (Å²) in [5.74, 6) is -0.672. The van der Waals surface area contributed by atoms with Gasteiger partial charge < -0.3 is 5.32 Å². The van der Waals surface area contributed by atoms with Crippen molar-refractivity contribution >= 4 is 28.5 Å². The number of rotatable bonds is 4. The van der Waals surface area contributed by atoms with Gasteiger partial charge in [-0.05, 0) is 54.8 Å². The summed E-state index contributed by atoms with van der Waals surface area (Å²) >= 11 is 0. The molecule has 1 fully saturated rings. The topological polar surface area (TPSA) is 66.5 Å². The summed E-state index contributed by atoms with van der Waals surface area (Å²) < 4.78 is 0. The van der Waals surface area contributed by atoms with Crippen LogP contribution in [0.15, 0.2) is 60.7 Å². The van der Waals surface area contributed by atoms with Crippen molar-refractivity contribution in [2.75, 3.05) is 6.54 Å². The van der Waals surface area contributed by atoms with Crippen LogP contribution in [0.3, 0.4) is 0 Å². The van der Waals surface area contributed by atoms with Gasteiger partial charge in [0.2, 0.25) is 0 Å². The van der Waals surface area contributed by atoms with Gasteiger partial charge >= 0.3 is 6.03 Å². The smallest absolute Gasteiger partial charge is 0.319 e. The number of carbonyl (C=O) groups excluding carboxylic acids is 3. The van der Waals surface area contributed by atoms with E-state index in [0.29, 0.717) is 11.1 Å². The van der Waals surface area contributed by atoms with Gasteiger partial charge in [-0.3, -0.25) is 14.5 Å². The zero-order valence-corrected chi connectivity index (χ0v) is 16.7. The molecule has 1 atom stereocenters. The molecule has 3 aromatic rings. The summed E-state index contributed by atoms with van der Waals surface area (Å²) in [7, 11) is 0. The van der Waals surface area contributed by atoms with Crippen molar-refractivity contribution in [1.29, 1.82) is 0 Å². The largest absolute Gasteiger partial charge is 0.325 e. The van der Waals surface area contributed by atoms with Gasteiger partial charge in [0.05, 0.1) is 6.54 Å². The first-order chi connectivity index (χ1) is 13.8. The minimum Gasteiger partial charge on any atom is -0.319 e. The van der Waals surface area contributed by atoms with Crippen LogP contribution in [-0.2, 0) is 10.3 Å². The first-order valence-electron chi connectivity index (χ1n) is 9.53. The van der Waals surface area contributed by atoms with Crippen LogP contribution < -0.4 is 5.32 Å². The van der Waals surface area contributed by atoms with E-state index < -0.39 is 17.5 Å². The van der Waals surface area contributed by atoms with E-state index in [0.717, 1.165) is 26.8 Å². The van der Waals surface area contributed by atoms with Crippen molar-refractivity contribution in [2.45, 2.75) is 26.3 Å². The molecule has 3 amide bonds. The van der Waals surface area contributed by atoms with Crippen molar-refractivity contribution in [3.63, 3.8) is 0 Å². The predicted molar refractivity (Wildman–Crippen MR) is 112 cm³/mol. The summed E-state index contributed by atoms with van der Waals surface area (Å²) in [5, 5.41) is 4.82. The van der Waals surface area contributed by atoms with Gasteiger partial charge in [0.25, 0.3) is 5.91 Å². The van der Waals surface area contributed by atoms with Crippen LogP contribution in [0.2, 0.25) is 0 Å². The van der Waals surface area contributed by atoms with Crippen molar-refractivity contribution in [3.8, 4) is 0 Å². The molecular formula is C24H22N2O3. The van der Waals surface area contributed by atoms with Gasteiger partial charge in [0.15, 0.2) is 5.78 Å². The molecule has 1 aliphatic rings. The molecule has 0 aliphatic carbocycles. The minimum atomic E-state index is -1.21. The van der Waals surface area contributed by atoms with Gasteiger partial charge in [0, 0.05) is 5.56 Å². The average molecular weight is 386 g/mol. The second-order valence-electron chi connectivity index (χ2n) is 7.75. The highest BCUT2D eigenvalue weighted by Crippen LogP contribution is 2.31. The Morgan fingerprint density at radius 3 is 2.45 bits per heavy atom. The Kier molecular flexibility index (Phi) is 4.46. The molecule has 0 saturated carbocycles. The van der Waals surface area contributed by atoms with Crippen molar-refractivity contribution in [2.24, 2.45) is 0 Å². The van der Waals surface area contributed by atoms with Gasteiger partial charge in [-0.25, -0.2) is 4.79 Å². The first-order valence-corrected chi connectivity index (χ1v) is 9.53. The highest BCUT2D eigenvalue weighted by Gasteiger charge is 2.49. The molecule has 0 radical (unpaired) electrons. The van der Waals surface area contributed by atoms with Crippen molar-refractivity contribution in [3.05, 3.63) is 82.9 Å². The molecule has 0 bridgehead atoms. The summed E-state index contributed by atoms with van der Waals surface area (Å²) in [6, 6.07) is 18.6. The number of imide groups is 1. The summed E-state index contributed by atoms with van der Waals surface area (Å²) in [6.07, 6.45) is 0. The maximum Gasteiger partial charge on any atom is 0.325 e. The van der Waals surface area contributed by atoms with Crippen LogP contribution in [0.4, 0.5) is 4.79 Å². The number of hydrogen-bond donors (Lipinski definition) is 1. The van der Waals surface area contributed by atoms with Crippen LogP contribution >= 0.6 is 0 Å². The number of ketones is 1. The van der Waals surface area contributed by atoms with Crippen LogP contribution in [0, 0.1) is 13.8 Å². The Morgan fingerprint density at radius 1 is 0.966 bits per heavy atom. The molecule has 29 heavy (non-hydrogen) atoms. The molecule has 5 heteroatoms. The summed E-state index contributed by atoms with van der Waals surface area (Å²) in [5.41, 5.74) is 1.80. The Bertz CT molecular complexity index is 1170. The molecular weight excluding hydrogens is 364 g/mol. The molecule has 1 N–H and O–H groups in total. The molecule has 1 saturated heterocycles. The molecule has 146 valence electrons. The molecule has 5 nitrogen and oxygen atoms in total. The lowest BCUT2D eigenvalue weighted by atomic mass is 9.90. The third kappa shape index (κ3) is 3.18. The van der Waals surface area contributed by atoms with E-state index in [2.05, 4.69) is 5.32 Å². The summed E-state index contributed by atoms with van der Waals surface area (Å²) in [6.45, 7) is 5.15. The van der Waals surface area contributed by atoms with Gasteiger partial charge in [0.1, 0.15) is 5.54 Å². The Balaban J connectivity index is 1.64. The SMILES string of the molecule is Cc1ccc(C)c(C(=O)CN2C(=O)NC(C)(c3ccc4ccccc4c3)C2=O)c1. The third-order valence-corrected chi connectivity index (χ3v) is 5.60. The number of Topliss-reactive ketones (excluding diaryl/α,β-unsaturated/α-hetero) is 1. The molecule has 0 spiro atoms. The van der Waals surface area contributed by atoms with Gasteiger partial charge in [-0.1, -0.05) is 54.1 Å². The molecule has 1 unspecified atom stereocenters. The quantitative estimate of drug-likeness (QED) is 0.542. The Labute approximate surface area is 169 Å². The monoisotopic (exact) mass is 386 g/mol. The fourth-order valence-electron chi connectivity index (χ4n) is 3.80. The number of fused-ring (bicyclic) bond motifs is 1. The lowest BCUT2D eigenvalue weighted by Crippen LogP contribution is -2.41. The fourth-order valence-corrected chi connectivity index (χ4v) is 3.80. The van der Waals surface area contributed by atoms with E-state index in [1.165, 1.54) is 0 Å². The van der Waals surface area contributed by atoms with Crippen molar-refractivity contribution < 1.29 is 14.4 Å². The molecule has 1 heterocycles. The normalized spacial score (nSPS) is 18.9. The first kappa shape index (κ1) is 18.9. The third-order valence-electron chi connectivity index (χ3n) is 5.60. The van der Waals surface area contributed by atoms with Crippen LogP contribution in [0.25, 0.3) is 10.8 Å². The highest BCUT2D eigenvalue weighted by molar-refractivity contribution is 6.11. The Morgan fingerprint density at radius 2 is 1.69 bits per heavy atom. The Hall–Kier alpha value is -3.47. The zero-order valence-electron chi connectivity index (χ0n) is 16.7. The number of carbonyl (C=O) groups is 3. The van der Waals surface area contributed by atoms with Crippen LogP contribution in [0.5, 0.6) is 0 Å². The standard InChI is InChI=1S/C24H22N2O3/c1-15-8-9-16(2)20(12-15)21(27)14-26-22(28)24(3,25-23(26)29)19-11-10-17-6-4-5-7-18(17)13-19/h4-13H,14H2,1-3H3,(H,25,29). The maximum atomic E-state index is 13.2. The lowest BCUT2D eigenvalue weighted by molar-refractivity contribution is -0.130. The van der Waals surface area contributed by atoms with Crippen LogP contribution in [0.1, 0.15) is 34.0 Å². The minimum absolute atomic E-state index is 0.252. The number of nitrogens with one attached hydrogen (secondary N) is 1. The van der Waals surface area contributed by atoms with E-state index in [-0.39, 0.29) is 12.3 Å². The number of nitrogens with zero attached hydrogens (tertiary/aromatic N) is 1. The van der Waals surface area contributed by atoms with Gasteiger partial charge in [-0.15, -0.1) is 0 Å². The molecule has 0 aromatic heterocycles. The van der Waals surface area contributed by atoms with E-state index in [1.807, 2.05) is 68.4 Å². The average Bonchev–Trinajstić information content (AvgIpc) is 2.93. The van der Waals surface area contributed by atoms with Gasteiger partial charge in [-0.2, -0.15) is 0 Å². The number of urea groups is 1. The second-order valence-corrected chi connectivity index (χ2v) is 7.75. The van der Waals surface area contributed by atoms with Crippen LogP contribution in [-0.4, -0.2) is 29.2 Å². The second kappa shape index (κ2) is 6.85. The highest BCUT2D eigenvalue weighted by atomic mass is 16.2. The number of hydrogen-bond acceptors (Lipinski definition) is 3. The molecule has 4 rings (SSSR count). The maximum absolute atomic E-state index is 13.2. The lowest BCUT2D eigenvalue weighted by Gasteiger charge is -2.22. The number of amides is 3. The summed E-state index contributed by atoms with van der Waals surface area (Å²) in [4.78, 5) is 39.6. The number of benzene rings is 3. The fraction of sp³-hybridized carbons (Fsp3) is 0.208. The number of aryl methyl sites for hydroxylation is 2.